The van der Waals surface area contributed by atoms with E-state index in [1.54, 1.807) is 0 Å². The Bertz CT molecular complexity index is 1580. The maximum atomic E-state index is 14.2. The van der Waals surface area contributed by atoms with E-state index in [0.29, 0.717) is 45.2 Å². The number of nitrogens with one attached hydrogen (secondary N) is 3. The molecule has 5 heterocycles. The number of piperazine rings is 1. The average molecular weight is 641 g/mol. The van der Waals surface area contributed by atoms with E-state index < -0.39 is 5.92 Å². The van der Waals surface area contributed by atoms with Crippen LogP contribution in [0, 0.1) is 12.8 Å². The quantitative estimate of drug-likeness (QED) is 0.365. The summed E-state index contributed by atoms with van der Waals surface area (Å²) < 4.78 is 0. The van der Waals surface area contributed by atoms with E-state index in [9.17, 15) is 14.4 Å². The second-order valence-corrected chi connectivity index (χ2v) is 13.8. The molecule has 0 radical (unpaired) electrons. The van der Waals surface area contributed by atoms with Crippen molar-refractivity contribution in [3.63, 3.8) is 0 Å². The summed E-state index contributed by atoms with van der Waals surface area (Å²) in [6.45, 7) is 9.23. The van der Waals surface area contributed by atoms with Crippen LogP contribution < -0.4 is 10.6 Å². The minimum atomic E-state index is -0.427. The first-order valence-corrected chi connectivity index (χ1v) is 17.5. The molecule has 4 aliphatic heterocycles. The summed E-state index contributed by atoms with van der Waals surface area (Å²) in [6, 6.07) is 12.8. The number of amides is 4. The van der Waals surface area contributed by atoms with E-state index >= 15 is 0 Å². The molecule has 3 N–H and O–H groups in total. The molecule has 4 amide bonds. The summed E-state index contributed by atoms with van der Waals surface area (Å²) in [5, 5.41) is 14.8. The van der Waals surface area contributed by atoms with Crippen molar-refractivity contribution >= 4 is 34.4 Å². The van der Waals surface area contributed by atoms with Crippen molar-refractivity contribution < 1.29 is 14.4 Å². The number of hydrogen-bond donors (Lipinski definition) is 3. The molecule has 11 heteroatoms. The van der Waals surface area contributed by atoms with Gasteiger partial charge in [0.25, 0.3) is 0 Å². The number of H-pyrrole nitrogens is 1. The molecule has 0 saturated carbocycles. The first-order chi connectivity index (χ1) is 22.9. The molecule has 1 unspecified atom stereocenters. The van der Waals surface area contributed by atoms with Gasteiger partial charge < -0.3 is 25.3 Å². The molecule has 11 nitrogen and oxygen atoms in total. The van der Waals surface area contributed by atoms with E-state index in [1.807, 2.05) is 39.1 Å². The number of carbonyl (C=O) groups is 3. The Morgan fingerprint density at radius 3 is 2.47 bits per heavy atom. The highest BCUT2D eigenvalue weighted by atomic mass is 16.2. The number of aromatic nitrogens is 2. The fourth-order valence-electron chi connectivity index (χ4n) is 8.20. The number of urea groups is 1. The van der Waals surface area contributed by atoms with Gasteiger partial charge in [-0.2, -0.15) is 5.10 Å². The van der Waals surface area contributed by atoms with Gasteiger partial charge in [0.2, 0.25) is 11.8 Å². The van der Waals surface area contributed by atoms with Crippen LogP contribution in [0.5, 0.6) is 0 Å². The van der Waals surface area contributed by atoms with Crippen LogP contribution in [0.2, 0.25) is 0 Å². The Morgan fingerprint density at radius 2 is 1.68 bits per heavy atom. The number of anilines is 1. The van der Waals surface area contributed by atoms with Crippen LogP contribution in [0.4, 0.5) is 10.5 Å². The molecule has 0 bridgehead atoms. The van der Waals surface area contributed by atoms with Gasteiger partial charge in [-0.3, -0.25) is 19.6 Å². The number of carbonyl (C=O) groups excluding carboxylic acids is 3. The van der Waals surface area contributed by atoms with E-state index in [4.69, 9.17) is 0 Å². The Balaban J connectivity index is 1.00. The van der Waals surface area contributed by atoms with Crippen LogP contribution in [0.1, 0.15) is 48.8 Å². The number of hydrogen-bond acceptors (Lipinski definition) is 6. The zero-order chi connectivity index (χ0) is 32.3. The Hall–Kier alpha value is -3.96. The molecule has 7 rings (SSSR count). The molecular weight excluding hydrogens is 592 g/mol. The van der Waals surface area contributed by atoms with Crippen molar-refractivity contribution in [1.82, 2.24) is 35.1 Å². The van der Waals surface area contributed by atoms with E-state index in [1.165, 1.54) is 0 Å². The summed E-state index contributed by atoms with van der Waals surface area (Å²) in [5.74, 6) is -0.308. The van der Waals surface area contributed by atoms with Crippen molar-refractivity contribution in [3.05, 3.63) is 59.3 Å². The second kappa shape index (κ2) is 14.0. The van der Waals surface area contributed by atoms with Gasteiger partial charge in [-0.05, 0) is 87.4 Å². The molecule has 0 aliphatic carbocycles. The number of fused-ring (bicyclic) bond motifs is 2. The SMILES string of the molecule is Cc1cc(CC(CC(=O)N2CCC(N3CCc4ccccc4NC3=O)CC2)C(=O)N2CCN(C3CCNCC3)CC2)cc2cn[nH]c12. The van der Waals surface area contributed by atoms with Crippen molar-refractivity contribution in [2.24, 2.45) is 5.92 Å². The minimum Gasteiger partial charge on any atom is -0.343 e. The molecule has 3 fully saturated rings. The third-order valence-electron chi connectivity index (χ3n) is 10.9. The maximum absolute atomic E-state index is 14.2. The van der Waals surface area contributed by atoms with Crippen LogP contribution in [-0.2, 0) is 22.4 Å². The molecule has 1 atom stereocenters. The van der Waals surface area contributed by atoms with Crippen molar-refractivity contribution in [3.8, 4) is 0 Å². The number of para-hydroxylation sites is 1. The lowest BCUT2D eigenvalue weighted by atomic mass is 9.91. The molecule has 0 spiro atoms. The molecule has 2 aromatic carbocycles. The van der Waals surface area contributed by atoms with Crippen LogP contribution in [-0.4, -0.2) is 119 Å². The fraction of sp³-hybridized carbons (Fsp3) is 0.556. The largest absolute Gasteiger partial charge is 0.343 e. The summed E-state index contributed by atoms with van der Waals surface area (Å²) in [7, 11) is 0. The van der Waals surface area contributed by atoms with Gasteiger partial charge in [0.05, 0.1) is 17.6 Å². The van der Waals surface area contributed by atoms with Gasteiger partial charge in [0, 0.05) is 75.4 Å². The highest BCUT2D eigenvalue weighted by Crippen LogP contribution is 2.27. The maximum Gasteiger partial charge on any atom is 0.322 e. The lowest BCUT2D eigenvalue weighted by Crippen LogP contribution is -2.55. The predicted octanol–water partition coefficient (Wildman–Crippen LogP) is 3.40. The second-order valence-electron chi connectivity index (χ2n) is 13.8. The number of rotatable bonds is 7. The van der Waals surface area contributed by atoms with Gasteiger partial charge in [-0.1, -0.05) is 24.3 Å². The number of aromatic amines is 1. The lowest BCUT2D eigenvalue weighted by Gasteiger charge is -2.42. The van der Waals surface area contributed by atoms with Crippen LogP contribution in [0.25, 0.3) is 10.9 Å². The van der Waals surface area contributed by atoms with Crippen molar-refractivity contribution in [2.75, 3.05) is 64.2 Å². The standard InChI is InChI=1S/C36H48N8O3/c1-25-20-26(22-29-24-38-40-34(25)29)21-28(35(46)43-18-16-41(17-19-43)30-6-11-37-12-7-30)23-33(45)42-13-9-31(10-14-42)44-15-8-27-4-2-3-5-32(27)39-36(44)47/h2-5,20,22,24,28,30-31,37H,6-19,21,23H2,1H3,(H,38,40)(H,39,47). The van der Waals surface area contributed by atoms with Gasteiger partial charge in [0.1, 0.15) is 0 Å². The molecule has 47 heavy (non-hydrogen) atoms. The van der Waals surface area contributed by atoms with E-state index in [0.717, 1.165) is 91.6 Å². The normalized spacial score (nSPS) is 21.0. The van der Waals surface area contributed by atoms with E-state index in [-0.39, 0.29) is 30.3 Å². The first-order valence-electron chi connectivity index (χ1n) is 17.5. The summed E-state index contributed by atoms with van der Waals surface area (Å²) in [6.07, 6.45) is 7.15. The summed E-state index contributed by atoms with van der Waals surface area (Å²) in [4.78, 5) is 49.6. The molecular formula is C36H48N8O3. The van der Waals surface area contributed by atoms with Crippen molar-refractivity contribution in [1.29, 1.82) is 0 Å². The van der Waals surface area contributed by atoms with E-state index in [2.05, 4.69) is 50.9 Å². The molecule has 1 aromatic heterocycles. The average Bonchev–Trinajstić information content (AvgIpc) is 3.52. The molecule has 3 aromatic rings. The fourth-order valence-corrected chi connectivity index (χ4v) is 8.20. The number of piperidine rings is 2. The van der Waals surface area contributed by atoms with Gasteiger partial charge >= 0.3 is 6.03 Å². The summed E-state index contributed by atoms with van der Waals surface area (Å²) in [5.41, 5.74) is 5.19. The van der Waals surface area contributed by atoms with Gasteiger partial charge in [0.15, 0.2) is 0 Å². The van der Waals surface area contributed by atoms with Crippen LogP contribution in [0.15, 0.2) is 42.6 Å². The number of likely N-dealkylation sites (tertiary alicyclic amines) is 1. The van der Waals surface area contributed by atoms with Gasteiger partial charge in [-0.25, -0.2) is 4.79 Å². The highest BCUT2D eigenvalue weighted by molar-refractivity contribution is 5.91. The smallest absolute Gasteiger partial charge is 0.322 e. The minimum absolute atomic E-state index is 0.0315. The molecule has 250 valence electrons. The van der Waals surface area contributed by atoms with Crippen molar-refractivity contribution in [2.45, 2.75) is 64.0 Å². The third kappa shape index (κ3) is 7.01. The van der Waals surface area contributed by atoms with Gasteiger partial charge in [-0.15, -0.1) is 0 Å². The Kier molecular flexibility index (Phi) is 9.44. The molecule has 3 saturated heterocycles. The zero-order valence-corrected chi connectivity index (χ0v) is 27.5. The number of benzene rings is 2. The monoisotopic (exact) mass is 640 g/mol. The Morgan fingerprint density at radius 1 is 0.915 bits per heavy atom. The number of nitrogens with zero attached hydrogens (tertiary/aromatic N) is 5. The zero-order valence-electron chi connectivity index (χ0n) is 27.5. The predicted molar refractivity (Wildman–Crippen MR) is 182 cm³/mol. The highest BCUT2D eigenvalue weighted by Gasteiger charge is 2.35. The third-order valence-corrected chi connectivity index (χ3v) is 10.9. The molecule has 4 aliphatic rings. The first kappa shape index (κ1) is 31.6. The lowest BCUT2D eigenvalue weighted by molar-refractivity contribution is -0.143. The summed E-state index contributed by atoms with van der Waals surface area (Å²) >= 11 is 0. The Labute approximate surface area is 277 Å². The van der Waals surface area contributed by atoms with Crippen LogP contribution in [0.3, 0.4) is 0 Å². The topological polar surface area (TPSA) is 117 Å². The van der Waals surface area contributed by atoms with Crippen LogP contribution >= 0.6 is 0 Å². The number of aryl methyl sites for hydroxylation is 1.